The zero-order chi connectivity index (χ0) is 17.3. The lowest BCUT2D eigenvalue weighted by Crippen LogP contribution is -2.53. The Bertz CT molecular complexity index is 628. The van der Waals surface area contributed by atoms with Crippen LogP contribution in [0.2, 0.25) is 0 Å². The van der Waals surface area contributed by atoms with Gasteiger partial charge in [0.05, 0.1) is 0 Å². The van der Waals surface area contributed by atoms with Crippen LogP contribution in [0.15, 0.2) is 30.3 Å². The van der Waals surface area contributed by atoms with Crippen LogP contribution in [-0.2, 0) is 16.1 Å². The second-order valence-electron chi connectivity index (χ2n) is 7.64. The van der Waals surface area contributed by atoms with Crippen molar-refractivity contribution >= 4 is 11.8 Å². The molecule has 3 fully saturated rings. The number of carbonyl (C=O) groups is 2. The first-order chi connectivity index (χ1) is 12.2. The predicted octanol–water partition coefficient (Wildman–Crippen LogP) is 1.73. The van der Waals surface area contributed by atoms with Gasteiger partial charge in [-0.15, -0.1) is 0 Å². The lowest BCUT2D eigenvalue weighted by molar-refractivity contribution is -0.150. The van der Waals surface area contributed by atoms with Gasteiger partial charge in [0, 0.05) is 45.8 Å². The normalized spacial score (nSPS) is 22.9. The molecule has 0 aromatic heterocycles. The van der Waals surface area contributed by atoms with Crippen molar-refractivity contribution in [2.24, 2.45) is 5.41 Å². The second kappa shape index (κ2) is 6.79. The molecule has 2 aliphatic heterocycles. The molecular weight excluding hydrogens is 314 g/mol. The summed E-state index contributed by atoms with van der Waals surface area (Å²) in [6, 6.07) is 10.5. The van der Waals surface area contributed by atoms with Gasteiger partial charge in [0.2, 0.25) is 11.8 Å². The van der Waals surface area contributed by atoms with Crippen LogP contribution in [0, 0.1) is 5.41 Å². The number of piperazine rings is 1. The number of benzene rings is 1. The molecule has 1 aromatic rings. The molecule has 0 unspecified atom stereocenters. The first-order valence-electron chi connectivity index (χ1n) is 9.54. The van der Waals surface area contributed by atoms with Crippen LogP contribution in [0.1, 0.15) is 31.2 Å². The minimum absolute atomic E-state index is 0.0868. The van der Waals surface area contributed by atoms with E-state index in [-0.39, 0.29) is 11.8 Å². The van der Waals surface area contributed by atoms with Gasteiger partial charge < -0.3 is 9.80 Å². The Morgan fingerprint density at radius 2 is 1.36 bits per heavy atom. The van der Waals surface area contributed by atoms with Crippen LogP contribution in [-0.4, -0.2) is 65.8 Å². The Kier molecular flexibility index (Phi) is 4.50. The lowest BCUT2D eigenvalue weighted by atomic mass is 10.0. The molecule has 1 saturated carbocycles. The highest BCUT2D eigenvalue weighted by Crippen LogP contribution is 2.49. The van der Waals surface area contributed by atoms with E-state index in [1.807, 2.05) is 15.9 Å². The van der Waals surface area contributed by atoms with Gasteiger partial charge in [-0.25, -0.2) is 0 Å². The quantitative estimate of drug-likeness (QED) is 0.784. The molecule has 2 saturated heterocycles. The number of nitrogens with zero attached hydrogens (tertiary/aromatic N) is 3. The second-order valence-corrected chi connectivity index (χ2v) is 7.64. The summed E-state index contributed by atoms with van der Waals surface area (Å²) in [5.41, 5.74) is 0.608. The SMILES string of the molecule is O=C(N1CCCC1)C1(C(=O)N2CCN(Cc3ccccc3)CC2)CC1. The summed E-state index contributed by atoms with van der Waals surface area (Å²) in [7, 11) is 0. The Balaban J connectivity index is 1.33. The monoisotopic (exact) mass is 341 g/mol. The fraction of sp³-hybridized carbons (Fsp3) is 0.600. The summed E-state index contributed by atoms with van der Waals surface area (Å²) in [5, 5.41) is 0. The van der Waals surface area contributed by atoms with Crippen LogP contribution >= 0.6 is 0 Å². The van der Waals surface area contributed by atoms with E-state index < -0.39 is 5.41 Å². The van der Waals surface area contributed by atoms with Gasteiger partial charge in [-0.2, -0.15) is 0 Å². The largest absolute Gasteiger partial charge is 0.342 e. The number of amides is 2. The van der Waals surface area contributed by atoms with Crippen LogP contribution in [0.3, 0.4) is 0 Å². The molecule has 1 aliphatic carbocycles. The zero-order valence-electron chi connectivity index (χ0n) is 14.8. The van der Waals surface area contributed by atoms with Gasteiger partial charge >= 0.3 is 0 Å². The molecule has 0 atom stereocenters. The van der Waals surface area contributed by atoms with Crippen LogP contribution < -0.4 is 0 Å². The van der Waals surface area contributed by atoms with Gasteiger partial charge in [-0.3, -0.25) is 14.5 Å². The smallest absolute Gasteiger partial charge is 0.238 e. The number of carbonyl (C=O) groups excluding carboxylic acids is 2. The van der Waals surface area contributed by atoms with Crippen molar-refractivity contribution in [1.82, 2.24) is 14.7 Å². The van der Waals surface area contributed by atoms with E-state index in [9.17, 15) is 9.59 Å². The maximum absolute atomic E-state index is 13.0. The summed E-state index contributed by atoms with van der Waals surface area (Å²) in [5.74, 6) is 0.186. The molecule has 4 rings (SSSR count). The van der Waals surface area contributed by atoms with E-state index in [4.69, 9.17) is 0 Å². The minimum Gasteiger partial charge on any atom is -0.342 e. The van der Waals surface area contributed by atoms with Crippen molar-refractivity contribution in [2.75, 3.05) is 39.3 Å². The predicted molar refractivity (Wildman–Crippen MR) is 95.8 cm³/mol. The topological polar surface area (TPSA) is 43.9 Å². The van der Waals surface area contributed by atoms with Gasteiger partial charge in [-0.1, -0.05) is 30.3 Å². The van der Waals surface area contributed by atoms with E-state index >= 15 is 0 Å². The van der Waals surface area contributed by atoms with Crippen LogP contribution in [0.25, 0.3) is 0 Å². The molecule has 0 spiro atoms. The summed E-state index contributed by atoms with van der Waals surface area (Å²) < 4.78 is 0. The molecule has 5 nitrogen and oxygen atoms in total. The molecule has 3 aliphatic rings. The molecule has 1 aromatic carbocycles. The third kappa shape index (κ3) is 3.30. The number of hydrogen-bond donors (Lipinski definition) is 0. The highest BCUT2D eigenvalue weighted by atomic mass is 16.2. The van der Waals surface area contributed by atoms with Gasteiger partial charge in [0.1, 0.15) is 5.41 Å². The molecular formula is C20H27N3O2. The molecule has 2 amide bonds. The van der Waals surface area contributed by atoms with E-state index in [1.165, 1.54) is 5.56 Å². The highest BCUT2D eigenvalue weighted by molar-refractivity contribution is 6.08. The third-order valence-electron chi connectivity index (χ3n) is 5.87. The molecule has 0 radical (unpaired) electrons. The summed E-state index contributed by atoms with van der Waals surface area (Å²) >= 11 is 0. The number of rotatable bonds is 4. The van der Waals surface area contributed by atoms with Crippen molar-refractivity contribution in [3.05, 3.63) is 35.9 Å². The van der Waals surface area contributed by atoms with E-state index in [0.29, 0.717) is 0 Å². The maximum Gasteiger partial charge on any atom is 0.238 e. The molecule has 25 heavy (non-hydrogen) atoms. The molecule has 0 N–H and O–H groups in total. The highest BCUT2D eigenvalue weighted by Gasteiger charge is 2.59. The van der Waals surface area contributed by atoms with E-state index in [0.717, 1.165) is 71.5 Å². The molecule has 0 bridgehead atoms. The molecule has 2 heterocycles. The third-order valence-corrected chi connectivity index (χ3v) is 5.87. The summed E-state index contributed by atoms with van der Waals surface area (Å²) in [6.07, 6.45) is 3.64. The van der Waals surface area contributed by atoms with Crippen LogP contribution in [0.5, 0.6) is 0 Å². The minimum atomic E-state index is -0.702. The number of hydrogen-bond acceptors (Lipinski definition) is 3. The summed E-state index contributed by atoms with van der Waals surface area (Å²) in [6.45, 7) is 5.84. The summed E-state index contributed by atoms with van der Waals surface area (Å²) in [4.78, 5) is 32.0. The molecule has 5 heteroatoms. The van der Waals surface area contributed by atoms with E-state index in [2.05, 4.69) is 29.2 Å². The Labute approximate surface area is 149 Å². The maximum atomic E-state index is 13.0. The van der Waals surface area contributed by atoms with Crippen LogP contribution in [0.4, 0.5) is 0 Å². The van der Waals surface area contributed by atoms with Crippen molar-refractivity contribution in [3.63, 3.8) is 0 Å². The first kappa shape index (κ1) is 16.6. The van der Waals surface area contributed by atoms with Crippen molar-refractivity contribution < 1.29 is 9.59 Å². The standard InChI is InChI=1S/C20H27N3O2/c24-18(22-10-4-5-11-22)20(8-9-20)19(25)23-14-12-21(13-15-23)16-17-6-2-1-3-7-17/h1-3,6-7H,4-5,8-16H2. The van der Waals surface area contributed by atoms with Gasteiger partial charge in [0.25, 0.3) is 0 Å². The lowest BCUT2D eigenvalue weighted by Gasteiger charge is -2.37. The zero-order valence-corrected chi connectivity index (χ0v) is 14.8. The fourth-order valence-electron chi connectivity index (χ4n) is 4.12. The van der Waals surface area contributed by atoms with Gasteiger partial charge in [0.15, 0.2) is 0 Å². The number of likely N-dealkylation sites (tertiary alicyclic amines) is 1. The fourth-order valence-corrected chi connectivity index (χ4v) is 4.12. The Morgan fingerprint density at radius 3 is 1.92 bits per heavy atom. The first-order valence-corrected chi connectivity index (χ1v) is 9.54. The Morgan fingerprint density at radius 1 is 0.800 bits per heavy atom. The Hall–Kier alpha value is -1.88. The van der Waals surface area contributed by atoms with Crippen molar-refractivity contribution in [1.29, 1.82) is 0 Å². The van der Waals surface area contributed by atoms with E-state index in [1.54, 1.807) is 0 Å². The molecule has 134 valence electrons. The average molecular weight is 341 g/mol. The van der Waals surface area contributed by atoms with Crippen molar-refractivity contribution in [3.8, 4) is 0 Å². The van der Waals surface area contributed by atoms with Gasteiger partial charge in [-0.05, 0) is 31.2 Å². The average Bonchev–Trinajstić information content (AvgIpc) is 3.28. The van der Waals surface area contributed by atoms with Crippen molar-refractivity contribution in [2.45, 2.75) is 32.2 Å².